The molecular weight excluding hydrogens is 272 g/mol. The first-order chi connectivity index (χ1) is 9.10. The van der Waals surface area contributed by atoms with Crippen LogP contribution in [0.3, 0.4) is 0 Å². The van der Waals surface area contributed by atoms with Crippen LogP contribution in [-0.2, 0) is 6.61 Å². The van der Waals surface area contributed by atoms with Crippen molar-refractivity contribution in [2.45, 2.75) is 6.61 Å². The summed E-state index contributed by atoms with van der Waals surface area (Å²) in [6, 6.07) is 9.71. The molecule has 0 aromatic heterocycles. The summed E-state index contributed by atoms with van der Waals surface area (Å²) >= 11 is 5.79. The third kappa shape index (κ3) is 3.21. The number of nitrogens with zero attached hydrogens (tertiary/aromatic N) is 1. The van der Waals surface area contributed by atoms with Gasteiger partial charge in [-0.05, 0) is 24.3 Å². The fourth-order valence-electron chi connectivity index (χ4n) is 1.50. The van der Waals surface area contributed by atoms with E-state index in [4.69, 9.17) is 21.6 Å². The first-order valence-corrected chi connectivity index (χ1v) is 5.74. The zero-order valence-corrected chi connectivity index (χ0v) is 10.4. The van der Waals surface area contributed by atoms with Crippen molar-refractivity contribution in [1.29, 1.82) is 5.26 Å². The van der Waals surface area contributed by atoms with E-state index in [0.717, 1.165) is 12.1 Å². The van der Waals surface area contributed by atoms with Crippen molar-refractivity contribution in [1.82, 2.24) is 0 Å². The summed E-state index contributed by atoms with van der Waals surface area (Å²) in [6.07, 6.45) is 0. The van der Waals surface area contributed by atoms with E-state index in [1.54, 1.807) is 6.07 Å². The molecule has 0 unspecified atom stereocenters. The van der Waals surface area contributed by atoms with E-state index >= 15 is 0 Å². The van der Waals surface area contributed by atoms with Crippen molar-refractivity contribution in [2.24, 2.45) is 0 Å². The maximum Gasteiger partial charge on any atom is 0.139 e. The molecule has 0 heterocycles. The van der Waals surface area contributed by atoms with Gasteiger partial charge in [-0.25, -0.2) is 8.78 Å². The smallest absolute Gasteiger partial charge is 0.139 e. The van der Waals surface area contributed by atoms with E-state index in [1.165, 1.54) is 18.2 Å². The highest BCUT2D eigenvalue weighted by Gasteiger charge is 2.08. The van der Waals surface area contributed by atoms with E-state index < -0.39 is 11.6 Å². The molecule has 2 rings (SSSR count). The van der Waals surface area contributed by atoms with E-state index in [9.17, 15) is 8.78 Å². The van der Waals surface area contributed by atoms with Crippen molar-refractivity contribution >= 4 is 11.6 Å². The summed E-state index contributed by atoms with van der Waals surface area (Å²) < 4.78 is 31.5. The third-order valence-corrected chi connectivity index (χ3v) is 2.70. The van der Waals surface area contributed by atoms with Gasteiger partial charge in [0.2, 0.25) is 0 Å². The Kier molecular flexibility index (Phi) is 3.98. The largest absolute Gasteiger partial charge is 0.487 e. The summed E-state index contributed by atoms with van der Waals surface area (Å²) in [4.78, 5) is 0. The van der Waals surface area contributed by atoms with Crippen molar-refractivity contribution in [2.75, 3.05) is 0 Å². The molecule has 0 amide bonds. The summed E-state index contributed by atoms with van der Waals surface area (Å²) in [5, 5.41) is 9.31. The molecule has 0 saturated heterocycles. The summed E-state index contributed by atoms with van der Waals surface area (Å²) in [6.45, 7) is -0.110. The van der Waals surface area contributed by atoms with Gasteiger partial charge in [-0.3, -0.25) is 0 Å². The number of nitriles is 1. The second-order valence-electron chi connectivity index (χ2n) is 3.78. The molecule has 0 atom stereocenters. The third-order valence-electron chi connectivity index (χ3n) is 2.46. The van der Waals surface area contributed by atoms with E-state index in [1.807, 2.05) is 6.07 Å². The van der Waals surface area contributed by atoms with Crippen LogP contribution in [-0.4, -0.2) is 0 Å². The Labute approximate surface area is 113 Å². The van der Waals surface area contributed by atoms with Crippen LogP contribution < -0.4 is 4.74 Å². The number of benzene rings is 2. The molecule has 0 radical (unpaired) electrons. The summed E-state index contributed by atoms with van der Waals surface area (Å²) in [5.74, 6) is -1.08. The van der Waals surface area contributed by atoms with Crippen LogP contribution >= 0.6 is 11.6 Å². The molecule has 0 aliphatic heterocycles. The minimum absolute atomic E-state index is 0.110. The second-order valence-corrected chi connectivity index (χ2v) is 4.21. The quantitative estimate of drug-likeness (QED) is 0.848. The van der Waals surface area contributed by atoms with Crippen LogP contribution in [0.4, 0.5) is 8.78 Å². The van der Waals surface area contributed by atoms with Gasteiger partial charge in [0.1, 0.15) is 30.1 Å². The van der Waals surface area contributed by atoms with E-state index in [-0.39, 0.29) is 17.9 Å². The maximum atomic E-state index is 13.4. The molecule has 96 valence electrons. The van der Waals surface area contributed by atoms with Crippen LogP contribution in [0.5, 0.6) is 5.75 Å². The molecule has 5 heteroatoms. The normalized spacial score (nSPS) is 10.0. The van der Waals surface area contributed by atoms with Gasteiger partial charge in [-0.1, -0.05) is 11.6 Å². The zero-order valence-electron chi connectivity index (χ0n) is 9.66. The summed E-state index contributed by atoms with van der Waals surface area (Å²) in [5.41, 5.74) is 0.497. The lowest BCUT2D eigenvalue weighted by atomic mass is 10.2. The standard InChI is InChI=1S/C14H8ClF2NO/c15-11-3-1-9(7-18)14(5-11)19-8-10-2-4-12(16)6-13(10)17/h1-6H,8H2. The summed E-state index contributed by atoms with van der Waals surface area (Å²) in [7, 11) is 0. The van der Waals surface area contributed by atoms with Gasteiger partial charge >= 0.3 is 0 Å². The van der Waals surface area contributed by atoms with Gasteiger partial charge in [0.25, 0.3) is 0 Å². The Morgan fingerprint density at radius 2 is 1.95 bits per heavy atom. The zero-order chi connectivity index (χ0) is 13.8. The predicted octanol–water partition coefficient (Wildman–Crippen LogP) is 4.07. The first-order valence-electron chi connectivity index (χ1n) is 5.36. The lowest BCUT2D eigenvalue weighted by Gasteiger charge is -2.09. The molecular formula is C14H8ClF2NO. The highest BCUT2D eigenvalue weighted by molar-refractivity contribution is 6.30. The van der Waals surface area contributed by atoms with Crippen LogP contribution in [0.15, 0.2) is 36.4 Å². The van der Waals surface area contributed by atoms with Crippen LogP contribution in [0.1, 0.15) is 11.1 Å². The molecule has 0 aliphatic carbocycles. The molecule has 2 aromatic rings. The molecule has 2 aromatic carbocycles. The van der Waals surface area contributed by atoms with Gasteiger partial charge in [0, 0.05) is 22.7 Å². The van der Waals surface area contributed by atoms with E-state index in [2.05, 4.69) is 0 Å². The van der Waals surface area contributed by atoms with Gasteiger partial charge in [0.15, 0.2) is 0 Å². The Hall–Kier alpha value is -2.12. The molecule has 0 aliphatic rings. The molecule has 0 N–H and O–H groups in total. The molecule has 0 fully saturated rings. The number of ether oxygens (including phenoxy) is 1. The number of halogens is 3. The lowest BCUT2D eigenvalue weighted by Crippen LogP contribution is -2.00. The first kappa shape index (κ1) is 13.3. The minimum atomic E-state index is -0.694. The average molecular weight is 280 g/mol. The van der Waals surface area contributed by atoms with Gasteiger partial charge in [-0.15, -0.1) is 0 Å². The number of hydrogen-bond acceptors (Lipinski definition) is 2. The molecule has 2 nitrogen and oxygen atoms in total. The van der Waals surface area contributed by atoms with Gasteiger partial charge in [-0.2, -0.15) is 5.26 Å². The number of rotatable bonds is 3. The fraction of sp³-hybridized carbons (Fsp3) is 0.0714. The predicted molar refractivity (Wildman–Crippen MR) is 66.9 cm³/mol. The Bertz CT molecular complexity index is 652. The Balaban J connectivity index is 2.19. The minimum Gasteiger partial charge on any atom is -0.487 e. The van der Waals surface area contributed by atoms with Gasteiger partial charge < -0.3 is 4.74 Å². The van der Waals surface area contributed by atoms with Crippen molar-refractivity contribution in [3.8, 4) is 11.8 Å². The second kappa shape index (κ2) is 5.68. The van der Waals surface area contributed by atoms with Gasteiger partial charge in [0.05, 0.1) is 5.56 Å². The topological polar surface area (TPSA) is 33.0 Å². The van der Waals surface area contributed by atoms with Crippen molar-refractivity contribution in [3.05, 3.63) is 64.2 Å². The molecule has 0 spiro atoms. The van der Waals surface area contributed by atoms with Crippen LogP contribution in [0.25, 0.3) is 0 Å². The molecule has 19 heavy (non-hydrogen) atoms. The highest BCUT2D eigenvalue weighted by Crippen LogP contribution is 2.24. The van der Waals surface area contributed by atoms with Crippen molar-refractivity contribution < 1.29 is 13.5 Å². The Morgan fingerprint density at radius 3 is 2.63 bits per heavy atom. The van der Waals surface area contributed by atoms with Crippen LogP contribution in [0.2, 0.25) is 5.02 Å². The Morgan fingerprint density at radius 1 is 1.16 bits per heavy atom. The monoisotopic (exact) mass is 279 g/mol. The van der Waals surface area contributed by atoms with Crippen molar-refractivity contribution in [3.63, 3.8) is 0 Å². The molecule has 0 bridgehead atoms. The maximum absolute atomic E-state index is 13.4. The number of hydrogen-bond donors (Lipinski definition) is 0. The SMILES string of the molecule is N#Cc1ccc(Cl)cc1OCc1ccc(F)cc1F. The highest BCUT2D eigenvalue weighted by atomic mass is 35.5. The lowest BCUT2D eigenvalue weighted by molar-refractivity contribution is 0.298. The van der Waals surface area contributed by atoms with E-state index in [0.29, 0.717) is 10.6 Å². The van der Waals surface area contributed by atoms with Crippen LogP contribution in [0, 0.1) is 23.0 Å². The average Bonchev–Trinajstić information content (AvgIpc) is 2.38. The fourth-order valence-corrected chi connectivity index (χ4v) is 1.66. The molecule has 0 saturated carbocycles.